The maximum absolute atomic E-state index is 13.2. The van der Waals surface area contributed by atoms with Crippen molar-refractivity contribution >= 4 is 34.0 Å². The smallest absolute Gasteiger partial charge is 0.293 e. The van der Waals surface area contributed by atoms with E-state index in [1.807, 2.05) is 23.1 Å². The number of nitro groups is 1. The van der Waals surface area contributed by atoms with E-state index in [-0.39, 0.29) is 11.6 Å². The van der Waals surface area contributed by atoms with Crippen LogP contribution in [0.5, 0.6) is 5.75 Å². The maximum atomic E-state index is 13.2. The first-order chi connectivity index (χ1) is 17.5. The van der Waals surface area contributed by atoms with Gasteiger partial charge in [-0.2, -0.15) is 0 Å². The van der Waals surface area contributed by atoms with Crippen molar-refractivity contribution in [2.24, 2.45) is 0 Å². The van der Waals surface area contributed by atoms with Gasteiger partial charge in [-0.05, 0) is 36.8 Å². The molecule has 10 nitrogen and oxygen atoms in total. The fraction of sp³-hybridized carbons (Fsp3) is 0.385. The second-order valence-electron chi connectivity index (χ2n) is 8.99. The van der Waals surface area contributed by atoms with Crippen molar-refractivity contribution in [2.75, 3.05) is 69.4 Å². The summed E-state index contributed by atoms with van der Waals surface area (Å²) in [4.78, 5) is 35.3. The number of amides is 1. The molecule has 2 aromatic carbocycles. The maximum Gasteiger partial charge on any atom is 0.293 e. The van der Waals surface area contributed by atoms with E-state index in [4.69, 9.17) is 14.5 Å². The van der Waals surface area contributed by atoms with Crippen LogP contribution in [0.4, 0.5) is 17.2 Å². The highest BCUT2D eigenvalue weighted by Gasteiger charge is 2.27. The monoisotopic (exact) mass is 491 g/mol. The van der Waals surface area contributed by atoms with Gasteiger partial charge < -0.3 is 24.2 Å². The van der Waals surface area contributed by atoms with E-state index in [9.17, 15) is 14.9 Å². The second-order valence-corrected chi connectivity index (χ2v) is 8.99. The Morgan fingerprint density at radius 1 is 1.03 bits per heavy atom. The number of anilines is 2. The lowest BCUT2D eigenvalue weighted by Gasteiger charge is -2.36. The van der Waals surface area contributed by atoms with Gasteiger partial charge in [0.05, 0.1) is 25.2 Å². The summed E-state index contributed by atoms with van der Waals surface area (Å²) in [5.41, 5.74) is 2.74. The number of ether oxygens (including phenoxy) is 2. The Kier molecular flexibility index (Phi) is 6.60. The summed E-state index contributed by atoms with van der Waals surface area (Å²) in [5, 5.41) is 12.8. The zero-order valence-corrected chi connectivity index (χ0v) is 20.5. The van der Waals surface area contributed by atoms with Crippen molar-refractivity contribution in [3.05, 3.63) is 63.7 Å². The molecule has 2 saturated heterocycles. The fourth-order valence-corrected chi connectivity index (χ4v) is 4.90. The summed E-state index contributed by atoms with van der Waals surface area (Å²) in [6.07, 6.45) is 0. The number of carbonyl (C=O) groups is 1. The molecule has 36 heavy (non-hydrogen) atoms. The minimum absolute atomic E-state index is 0.0498. The molecule has 188 valence electrons. The number of nitrogens with zero attached hydrogens (tertiary/aromatic N) is 5. The summed E-state index contributed by atoms with van der Waals surface area (Å²) < 4.78 is 10.9. The Hall–Kier alpha value is -3.92. The number of nitro benzene ring substituents is 1. The van der Waals surface area contributed by atoms with Crippen LogP contribution in [-0.4, -0.2) is 80.3 Å². The zero-order valence-electron chi connectivity index (χ0n) is 20.5. The van der Waals surface area contributed by atoms with Crippen LogP contribution in [0.25, 0.3) is 10.9 Å². The van der Waals surface area contributed by atoms with E-state index < -0.39 is 4.92 Å². The SMILES string of the molecule is COc1cccc2c(C)cc(N3CCN(C(=O)c4ccc(N5CCOCC5)c([N+](=O)[O-])c4)CC3)nc12. The molecule has 10 heteroatoms. The van der Waals surface area contributed by atoms with Gasteiger partial charge in [0.1, 0.15) is 22.8 Å². The molecular weight excluding hydrogens is 462 g/mol. The molecule has 2 fully saturated rings. The molecule has 0 saturated carbocycles. The van der Waals surface area contributed by atoms with Crippen LogP contribution in [-0.2, 0) is 4.74 Å². The Bertz CT molecular complexity index is 1300. The molecule has 0 aliphatic carbocycles. The number of aromatic nitrogens is 1. The molecule has 1 amide bonds. The molecule has 0 N–H and O–H groups in total. The quantitative estimate of drug-likeness (QED) is 0.396. The number of aryl methyl sites for hydroxylation is 1. The number of pyridine rings is 1. The number of hydrogen-bond acceptors (Lipinski definition) is 8. The number of piperazine rings is 1. The van der Waals surface area contributed by atoms with Crippen molar-refractivity contribution in [3.63, 3.8) is 0 Å². The predicted molar refractivity (Wildman–Crippen MR) is 137 cm³/mol. The number of fused-ring (bicyclic) bond motifs is 1. The summed E-state index contributed by atoms with van der Waals surface area (Å²) in [5.74, 6) is 1.38. The number of benzene rings is 2. The van der Waals surface area contributed by atoms with Gasteiger partial charge in [-0.3, -0.25) is 14.9 Å². The lowest BCUT2D eigenvalue weighted by atomic mass is 10.1. The van der Waals surface area contributed by atoms with Crippen LogP contribution in [0, 0.1) is 17.0 Å². The van der Waals surface area contributed by atoms with Crippen LogP contribution >= 0.6 is 0 Å². The molecule has 1 aromatic heterocycles. The van der Waals surface area contributed by atoms with Gasteiger partial charge in [0, 0.05) is 56.3 Å². The van der Waals surface area contributed by atoms with E-state index in [0.717, 1.165) is 28.0 Å². The Labute approximate surface area is 209 Å². The summed E-state index contributed by atoms with van der Waals surface area (Å²) in [6.45, 7) is 6.53. The van der Waals surface area contributed by atoms with E-state index in [1.54, 1.807) is 24.1 Å². The van der Waals surface area contributed by atoms with Crippen LogP contribution in [0.15, 0.2) is 42.5 Å². The normalized spacial score (nSPS) is 16.3. The molecule has 2 aliphatic heterocycles. The minimum Gasteiger partial charge on any atom is -0.494 e. The largest absolute Gasteiger partial charge is 0.494 e. The van der Waals surface area contributed by atoms with Gasteiger partial charge in [0.2, 0.25) is 0 Å². The highest BCUT2D eigenvalue weighted by molar-refractivity contribution is 5.96. The number of hydrogen-bond donors (Lipinski definition) is 0. The topological polar surface area (TPSA) is 101 Å². The predicted octanol–water partition coefficient (Wildman–Crippen LogP) is 3.26. The first-order valence-electron chi connectivity index (χ1n) is 12.1. The standard InChI is InChI=1S/C26H29N5O5/c1-18-16-24(27-25-20(18)4-3-5-23(25)35-2)29-8-10-30(11-9-29)26(32)19-6-7-21(22(17-19)31(33)34)28-12-14-36-15-13-28/h3-7,16-17H,8-15H2,1-2H3. The highest BCUT2D eigenvalue weighted by atomic mass is 16.6. The Morgan fingerprint density at radius 3 is 2.47 bits per heavy atom. The summed E-state index contributed by atoms with van der Waals surface area (Å²) in [7, 11) is 1.64. The molecule has 3 heterocycles. The number of methoxy groups -OCH3 is 1. The van der Waals surface area contributed by atoms with Gasteiger partial charge in [0.15, 0.2) is 0 Å². The van der Waals surface area contributed by atoms with E-state index in [2.05, 4.69) is 17.9 Å². The number of morpholine rings is 1. The van der Waals surface area contributed by atoms with E-state index in [1.165, 1.54) is 6.07 Å². The van der Waals surface area contributed by atoms with E-state index in [0.29, 0.717) is 63.7 Å². The third kappa shape index (κ3) is 4.51. The first-order valence-corrected chi connectivity index (χ1v) is 12.1. The molecule has 5 rings (SSSR count). The van der Waals surface area contributed by atoms with Crippen molar-refractivity contribution in [2.45, 2.75) is 6.92 Å². The first kappa shape index (κ1) is 23.8. The lowest BCUT2D eigenvalue weighted by molar-refractivity contribution is -0.384. The Balaban J connectivity index is 1.31. The fourth-order valence-electron chi connectivity index (χ4n) is 4.90. The van der Waals surface area contributed by atoms with Gasteiger partial charge in [0.25, 0.3) is 11.6 Å². The number of rotatable bonds is 5. The van der Waals surface area contributed by atoms with Crippen LogP contribution in [0.1, 0.15) is 15.9 Å². The molecule has 0 radical (unpaired) electrons. The average molecular weight is 492 g/mol. The zero-order chi connectivity index (χ0) is 25.2. The van der Waals surface area contributed by atoms with Gasteiger partial charge >= 0.3 is 0 Å². The number of carbonyl (C=O) groups excluding carboxylic acids is 1. The van der Waals surface area contributed by atoms with Gasteiger partial charge in [-0.15, -0.1) is 0 Å². The number of para-hydroxylation sites is 1. The molecule has 3 aromatic rings. The van der Waals surface area contributed by atoms with Gasteiger partial charge in [-0.25, -0.2) is 4.98 Å². The third-order valence-corrected chi connectivity index (χ3v) is 6.88. The Morgan fingerprint density at radius 2 is 1.78 bits per heavy atom. The van der Waals surface area contributed by atoms with Crippen molar-refractivity contribution in [3.8, 4) is 5.75 Å². The summed E-state index contributed by atoms with van der Waals surface area (Å²) in [6, 6.07) is 12.7. The van der Waals surface area contributed by atoms with Gasteiger partial charge in [-0.1, -0.05) is 12.1 Å². The average Bonchev–Trinajstić information content (AvgIpc) is 2.92. The second kappa shape index (κ2) is 9.98. The van der Waals surface area contributed by atoms with Crippen molar-refractivity contribution in [1.29, 1.82) is 0 Å². The van der Waals surface area contributed by atoms with Crippen LogP contribution in [0.2, 0.25) is 0 Å². The molecule has 0 atom stereocenters. The van der Waals surface area contributed by atoms with Crippen LogP contribution < -0.4 is 14.5 Å². The lowest BCUT2D eigenvalue weighted by Crippen LogP contribution is -2.49. The molecule has 0 bridgehead atoms. The minimum atomic E-state index is -0.415. The molecule has 2 aliphatic rings. The summed E-state index contributed by atoms with van der Waals surface area (Å²) >= 11 is 0. The van der Waals surface area contributed by atoms with Crippen molar-refractivity contribution in [1.82, 2.24) is 9.88 Å². The molecular formula is C26H29N5O5. The van der Waals surface area contributed by atoms with Crippen LogP contribution in [0.3, 0.4) is 0 Å². The van der Waals surface area contributed by atoms with E-state index >= 15 is 0 Å². The third-order valence-electron chi connectivity index (χ3n) is 6.88. The van der Waals surface area contributed by atoms with Crippen molar-refractivity contribution < 1.29 is 19.2 Å². The molecule has 0 unspecified atom stereocenters. The molecule has 0 spiro atoms. The highest BCUT2D eigenvalue weighted by Crippen LogP contribution is 2.32.